The molecule has 0 aliphatic carbocycles. The van der Waals surface area contributed by atoms with E-state index >= 15 is 0 Å². The van der Waals surface area contributed by atoms with Crippen LogP contribution in [0.4, 0.5) is 4.39 Å². The van der Waals surface area contributed by atoms with Crippen molar-refractivity contribution in [3.05, 3.63) is 35.6 Å². The Kier molecular flexibility index (Phi) is 8.50. The van der Waals surface area contributed by atoms with Crippen LogP contribution in [0.15, 0.2) is 24.3 Å². The number of hydrogen-bond acceptors (Lipinski definition) is 3. The fourth-order valence-corrected chi connectivity index (χ4v) is 2.12. The van der Waals surface area contributed by atoms with Crippen LogP contribution in [0.5, 0.6) is 0 Å². The minimum Gasteiger partial charge on any atom is -0.389 e. The molecule has 4 heteroatoms. The molecular formula is C17H28FNO2. The van der Waals surface area contributed by atoms with Crippen molar-refractivity contribution in [1.82, 2.24) is 5.32 Å². The molecular weight excluding hydrogens is 269 g/mol. The normalized spacial score (nSPS) is 14.4. The zero-order valence-corrected chi connectivity index (χ0v) is 13.3. The Morgan fingerprint density at radius 3 is 2.62 bits per heavy atom. The standard InChI is InChI=1S/C17H28FNO2/c1-13(2)7-6-10-21-12-15(20)11-19-14(3)16-8-4-5-9-17(16)18/h4-5,8-9,13-15,19-20H,6-7,10-12H2,1-3H3/t14-,15?/m1/s1. The zero-order valence-electron chi connectivity index (χ0n) is 13.3. The lowest BCUT2D eigenvalue weighted by Gasteiger charge is -2.18. The smallest absolute Gasteiger partial charge is 0.127 e. The summed E-state index contributed by atoms with van der Waals surface area (Å²) < 4.78 is 19.0. The Labute approximate surface area is 127 Å². The molecule has 0 aromatic heterocycles. The summed E-state index contributed by atoms with van der Waals surface area (Å²) in [7, 11) is 0. The molecule has 0 radical (unpaired) electrons. The van der Waals surface area contributed by atoms with Crippen LogP contribution in [0.2, 0.25) is 0 Å². The van der Waals surface area contributed by atoms with E-state index in [1.54, 1.807) is 12.1 Å². The largest absolute Gasteiger partial charge is 0.389 e. The third kappa shape index (κ3) is 7.55. The first-order chi connectivity index (χ1) is 10.0. The van der Waals surface area contributed by atoms with Gasteiger partial charge in [-0.2, -0.15) is 0 Å². The summed E-state index contributed by atoms with van der Waals surface area (Å²) in [5, 5.41) is 13.0. The number of rotatable bonds is 10. The van der Waals surface area contributed by atoms with Crippen molar-refractivity contribution in [2.75, 3.05) is 19.8 Å². The average Bonchev–Trinajstić information content (AvgIpc) is 2.44. The Morgan fingerprint density at radius 2 is 1.95 bits per heavy atom. The fraction of sp³-hybridized carbons (Fsp3) is 0.647. The molecule has 0 fully saturated rings. The molecule has 1 unspecified atom stereocenters. The van der Waals surface area contributed by atoms with Gasteiger partial charge >= 0.3 is 0 Å². The number of aliphatic hydroxyl groups excluding tert-OH is 1. The van der Waals surface area contributed by atoms with E-state index in [1.807, 2.05) is 13.0 Å². The zero-order chi connectivity index (χ0) is 15.7. The second-order valence-electron chi connectivity index (χ2n) is 5.92. The topological polar surface area (TPSA) is 41.5 Å². The summed E-state index contributed by atoms with van der Waals surface area (Å²) in [5.41, 5.74) is 0.613. The number of ether oxygens (including phenoxy) is 1. The molecule has 1 aromatic carbocycles. The summed E-state index contributed by atoms with van der Waals surface area (Å²) in [6.07, 6.45) is 1.58. The molecule has 0 saturated carbocycles. The lowest BCUT2D eigenvalue weighted by atomic mass is 10.1. The highest BCUT2D eigenvalue weighted by Crippen LogP contribution is 2.15. The van der Waals surface area contributed by atoms with E-state index in [9.17, 15) is 9.50 Å². The lowest BCUT2D eigenvalue weighted by molar-refractivity contribution is 0.0336. The van der Waals surface area contributed by atoms with Crippen LogP contribution >= 0.6 is 0 Å². The lowest BCUT2D eigenvalue weighted by Crippen LogP contribution is -2.32. The van der Waals surface area contributed by atoms with Gasteiger partial charge in [-0.1, -0.05) is 32.0 Å². The van der Waals surface area contributed by atoms with Crippen LogP contribution in [-0.2, 0) is 4.74 Å². The first-order valence-electron chi connectivity index (χ1n) is 7.74. The molecule has 21 heavy (non-hydrogen) atoms. The van der Waals surface area contributed by atoms with E-state index in [1.165, 1.54) is 6.07 Å². The number of nitrogens with one attached hydrogen (secondary N) is 1. The summed E-state index contributed by atoms with van der Waals surface area (Å²) in [4.78, 5) is 0. The van der Waals surface area contributed by atoms with Crippen molar-refractivity contribution in [1.29, 1.82) is 0 Å². The van der Waals surface area contributed by atoms with E-state index < -0.39 is 6.10 Å². The molecule has 0 heterocycles. The molecule has 0 spiro atoms. The molecule has 3 nitrogen and oxygen atoms in total. The van der Waals surface area contributed by atoms with Crippen LogP contribution in [0.1, 0.15) is 45.2 Å². The molecule has 1 rings (SSSR count). The van der Waals surface area contributed by atoms with Crippen LogP contribution in [0.25, 0.3) is 0 Å². The number of hydrogen-bond donors (Lipinski definition) is 2. The predicted octanol–water partition coefficient (Wildman–Crippen LogP) is 3.29. The molecule has 0 saturated heterocycles. The third-order valence-corrected chi connectivity index (χ3v) is 3.41. The highest BCUT2D eigenvalue weighted by molar-refractivity contribution is 5.20. The van der Waals surface area contributed by atoms with Gasteiger partial charge in [0, 0.05) is 24.8 Å². The van der Waals surface area contributed by atoms with Gasteiger partial charge in [-0.15, -0.1) is 0 Å². The van der Waals surface area contributed by atoms with E-state index in [0.717, 1.165) is 12.8 Å². The Balaban J connectivity index is 2.18. The number of halogens is 1. The Bertz CT molecular complexity index is 398. The Hall–Kier alpha value is -0.970. The highest BCUT2D eigenvalue weighted by Gasteiger charge is 2.12. The summed E-state index contributed by atoms with van der Waals surface area (Å²) >= 11 is 0. The molecule has 120 valence electrons. The monoisotopic (exact) mass is 297 g/mol. The van der Waals surface area contributed by atoms with Crippen LogP contribution in [0.3, 0.4) is 0 Å². The van der Waals surface area contributed by atoms with E-state index in [0.29, 0.717) is 31.2 Å². The molecule has 1 aromatic rings. The maximum atomic E-state index is 13.6. The SMILES string of the molecule is CC(C)CCCOCC(O)CN[C@H](C)c1ccccc1F. The van der Waals surface area contributed by atoms with Crippen LogP contribution in [0, 0.1) is 11.7 Å². The molecule has 0 bridgehead atoms. The van der Waals surface area contributed by atoms with Gasteiger partial charge in [-0.25, -0.2) is 4.39 Å². The van der Waals surface area contributed by atoms with Crippen molar-refractivity contribution in [2.45, 2.75) is 45.8 Å². The third-order valence-electron chi connectivity index (χ3n) is 3.41. The van der Waals surface area contributed by atoms with Gasteiger partial charge in [0.1, 0.15) is 5.82 Å². The second kappa shape index (κ2) is 9.87. The van der Waals surface area contributed by atoms with Gasteiger partial charge < -0.3 is 15.2 Å². The van der Waals surface area contributed by atoms with Crippen LogP contribution in [-0.4, -0.2) is 31.0 Å². The van der Waals surface area contributed by atoms with Crippen molar-refractivity contribution < 1.29 is 14.2 Å². The maximum absolute atomic E-state index is 13.6. The van der Waals surface area contributed by atoms with Gasteiger partial charge in [-0.3, -0.25) is 0 Å². The fourth-order valence-electron chi connectivity index (χ4n) is 2.12. The first-order valence-corrected chi connectivity index (χ1v) is 7.74. The minimum atomic E-state index is -0.571. The van der Waals surface area contributed by atoms with Gasteiger partial charge in [0.15, 0.2) is 0 Å². The van der Waals surface area contributed by atoms with Crippen LogP contribution < -0.4 is 5.32 Å². The van der Waals surface area contributed by atoms with E-state index in [2.05, 4.69) is 19.2 Å². The Morgan fingerprint density at radius 1 is 1.24 bits per heavy atom. The highest BCUT2D eigenvalue weighted by atomic mass is 19.1. The maximum Gasteiger partial charge on any atom is 0.127 e. The van der Waals surface area contributed by atoms with Crippen molar-refractivity contribution in [3.63, 3.8) is 0 Å². The molecule has 0 amide bonds. The van der Waals surface area contributed by atoms with Gasteiger partial charge in [0.2, 0.25) is 0 Å². The van der Waals surface area contributed by atoms with Crippen molar-refractivity contribution in [2.24, 2.45) is 5.92 Å². The molecule has 0 aliphatic heterocycles. The minimum absolute atomic E-state index is 0.137. The molecule has 2 atom stereocenters. The summed E-state index contributed by atoms with van der Waals surface area (Å²) in [5.74, 6) is 0.457. The van der Waals surface area contributed by atoms with Gasteiger partial charge in [0.25, 0.3) is 0 Å². The predicted molar refractivity (Wildman–Crippen MR) is 83.7 cm³/mol. The summed E-state index contributed by atoms with van der Waals surface area (Å²) in [6, 6.07) is 6.54. The summed E-state index contributed by atoms with van der Waals surface area (Å²) in [6.45, 7) is 7.63. The number of benzene rings is 1. The second-order valence-corrected chi connectivity index (χ2v) is 5.92. The van der Waals surface area contributed by atoms with E-state index in [-0.39, 0.29) is 11.9 Å². The average molecular weight is 297 g/mol. The number of aliphatic hydroxyl groups is 1. The van der Waals surface area contributed by atoms with Crippen molar-refractivity contribution in [3.8, 4) is 0 Å². The van der Waals surface area contributed by atoms with Gasteiger partial charge in [0.05, 0.1) is 12.7 Å². The van der Waals surface area contributed by atoms with E-state index in [4.69, 9.17) is 4.74 Å². The quantitative estimate of drug-likeness (QED) is 0.651. The van der Waals surface area contributed by atoms with Crippen molar-refractivity contribution >= 4 is 0 Å². The first kappa shape index (κ1) is 18.1. The van der Waals surface area contributed by atoms with Gasteiger partial charge in [-0.05, 0) is 31.7 Å². The molecule has 0 aliphatic rings. The molecule has 2 N–H and O–H groups in total.